The molecule has 2 heteroatoms. The van der Waals surface area contributed by atoms with E-state index >= 15 is 0 Å². The Morgan fingerprint density at radius 1 is 1.00 bits per heavy atom. The molecule has 1 aliphatic rings. The van der Waals surface area contributed by atoms with Crippen LogP contribution in [0.1, 0.15) is 30.2 Å². The van der Waals surface area contributed by atoms with Crippen LogP contribution in [-0.2, 0) is 0 Å². The van der Waals surface area contributed by atoms with Crippen molar-refractivity contribution in [2.45, 2.75) is 26.7 Å². The highest BCUT2D eigenvalue weighted by molar-refractivity contribution is 7.15. The maximum atomic E-state index is 14.3. The van der Waals surface area contributed by atoms with Crippen LogP contribution in [0.15, 0.2) is 48.1 Å². The van der Waals surface area contributed by atoms with Crippen LogP contribution in [0.25, 0.3) is 16.0 Å². The van der Waals surface area contributed by atoms with Crippen molar-refractivity contribution in [1.82, 2.24) is 0 Å². The van der Waals surface area contributed by atoms with E-state index in [1.165, 1.54) is 16.0 Å². The van der Waals surface area contributed by atoms with Crippen LogP contribution >= 0.6 is 11.3 Å². The molecule has 1 heterocycles. The van der Waals surface area contributed by atoms with Gasteiger partial charge in [0.05, 0.1) is 0 Å². The molecule has 1 aliphatic carbocycles. The van der Waals surface area contributed by atoms with Crippen LogP contribution in [0.3, 0.4) is 0 Å². The van der Waals surface area contributed by atoms with E-state index in [0.29, 0.717) is 5.56 Å². The Bertz CT molecular complexity index is 704. The van der Waals surface area contributed by atoms with E-state index in [-0.39, 0.29) is 5.82 Å². The number of hydrogen-bond acceptors (Lipinski definition) is 1. The van der Waals surface area contributed by atoms with Crippen LogP contribution < -0.4 is 0 Å². The van der Waals surface area contributed by atoms with Gasteiger partial charge in [0.1, 0.15) is 5.82 Å². The van der Waals surface area contributed by atoms with E-state index in [0.717, 1.165) is 23.3 Å². The fourth-order valence-electron chi connectivity index (χ4n) is 2.48. The molecule has 0 nitrogen and oxygen atoms in total. The van der Waals surface area contributed by atoms with E-state index < -0.39 is 0 Å². The number of allylic oxidation sites excluding steroid dienone is 4. The monoisotopic (exact) mass is 284 g/mol. The first kappa shape index (κ1) is 13.3. The highest BCUT2D eigenvalue weighted by Gasteiger charge is 2.11. The number of benzene rings is 1. The van der Waals surface area contributed by atoms with Gasteiger partial charge in [0.15, 0.2) is 0 Å². The molecule has 0 atom stereocenters. The quantitative estimate of drug-likeness (QED) is 0.635. The van der Waals surface area contributed by atoms with Crippen molar-refractivity contribution in [3.05, 3.63) is 64.3 Å². The third kappa shape index (κ3) is 2.61. The van der Waals surface area contributed by atoms with Gasteiger partial charge in [-0.1, -0.05) is 29.9 Å². The summed E-state index contributed by atoms with van der Waals surface area (Å²) in [6.07, 6.45) is 6.31. The lowest BCUT2D eigenvalue weighted by atomic mass is 9.93. The van der Waals surface area contributed by atoms with Gasteiger partial charge in [0.25, 0.3) is 0 Å². The Morgan fingerprint density at radius 3 is 2.45 bits per heavy atom. The maximum absolute atomic E-state index is 14.3. The number of thiophene rings is 1. The summed E-state index contributed by atoms with van der Waals surface area (Å²) in [5.41, 5.74) is 4.32. The first-order valence-corrected chi connectivity index (χ1v) is 7.68. The summed E-state index contributed by atoms with van der Waals surface area (Å²) in [5, 5.41) is 0. The largest absolute Gasteiger partial charge is 0.206 e. The molecule has 1 aromatic heterocycles. The van der Waals surface area contributed by atoms with Crippen molar-refractivity contribution < 1.29 is 4.39 Å². The van der Waals surface area contributed by atoms with E-state index in [1.807, 2.05) is 31.2 Å². The molecule has 0 radical (unpaired) electrons. The lowest BCUT2D eigenvalue weighted by molar-refractivity contribution is 0.631. The van der Waals surface area contributed by atoms with Crippen LogP contribution in [0, 0.1) is 12.7 Å². The second-order valence-electron chi connectivity index (χ2n) is 5.31. The van der Waals surface area contributed by atoms with Crippen molar-refractivity contribution >= 4 is 16.9 Å². The molecule has 0 unspecified atom stereocenters. The zero-order chi connectivity index (χ0) is 14.1. The summed E-state index contributed by atoms with van der Waals surface area (Å²) in [6, 6.07) is 9.63. The van der Waals surface area contributed by atoms with E-state index in [1.54, 1.807) is 17.4 Å². The molecule has 102 valence electrons. The molecule has 1 aromatic carbocycles. The highest BCUT2D eigenvalue weighted by atomic mass is 32.1. The van der Waals surface area contributed by atoms with Crippen molar-refractivity contribution in [1.29, 1.82) is 0 Å². The second-order valence-corrected chi connectivity index (χ2v) is 6.60. The third-order valence-corrected chi connectivity index (χ3v) is 4.74. The SMILES string of the molecule is CC1=CC=C(c2ccc(-c3ccc(C)s3)c(F)c2)CC1. The Kier molecular flexibility index (Phi) is 3.58. The van der Waals surface area contributed by atoms with E-state index in [4.69, 9.17) is 0 Å². The number of rotatable bonds is 2. The third-order valence-electron chi connectivity index (χ3n) is 3.70. The maximum Gasteiger partial charge on any atom is 0.132 e. The standard InChI is InChI=1S/C18H17FS/c1-12-3-6-14(7-4-12)15-8-9-16(17(19)11-15)18-10-5-13(2)20-18/h3,5-6,8-11H,4,7H2,1-2H3. The normalized spacial score (nSPS) is 14.9. The fraction of sp³-hybridized carbons (Fsp3) is 0.222. The summed E-state index contributed by atoms with van der Waals surface area (Å²) >= 11 is 1.63. The van der Waals surface area contributed by atoms with Crippen LogP contribution in [0.4, 0.5) is 4.39 Å². The van der Waals surface area contributed by atoms with Gasteiger partial charge in [-0.05, 0) is 56.0 Å². The minimum absolute atomic E-state index is 0.128. The summed E-state index contributed by atoms with van der Waals surface area (Å²) in [4.78, 5) is 2.21. The first-order valence-electron chi connectivity index (χ1n) is 6.86. The van der Waals surface area contributed by atoms with E-state index in [2.05, 4.69) is 19.1 Å². The minimum Gasteiger partial charge on any atom is -0.206 e. The molecule has 20 heavy (non-hydrogen) atoms. The smallest absolute Gasteiger partial charge is 0.132 e. The molecular weight excluding hydrogens is 267 g/mol. The zero-order valence-corrected chi connectivity index (χ0v) is 12.6. The molecule has 3 rings (SSSR count). The van der Waals surface area contributed by atoms with Crippen molar-refractivity contribution in [2.75, 3.05) is 0 Å². The lowest BCUT2D eigenvalue weighted by Gasteiger charge is -2.13. The molecule has 0 N–H and O–H groups in total. The molecule has 0 spiro atoms. The van der Waals surface area contributed by atoms with Crippen molar-refractivity contribution in [3.8, 4) is 10.4 Å². The molecule has 0 amide bonds. The molecule has 0 bridgehead atoms. The van der Waals surface area contributed by atoms with Crippen molar-refractivity contribution in [2.24, 2.45) is 0 Å². The number of halogens is 1. The summed E-state index contributed by atoms with van der Waals surface area (Å²) in [5.74, 6) is -0.128. The predicted molar refractivity (Wildman–Crippen MR) is 85.4 cm³/mol. The first-order chi connectivity index (χ1) is 9.63. The second kappa shape index (κ2) is 5.37. The molecule has 0 fully saturated rings. The highest BCUT2D eigenvalue weighted by Crippen LogP contribution is 2.33. The summed E-state index contributed by atoms with van der Waals surface area (Å²) < 4.78 is 14.3. The average Bonchev–Trinajstić information content (AvgIpc) is 2.86. The zero-order valence-electron chi connectivity index (χ0n) is 11.7. The van der Waals surface area contributed by atoms with Gasteiger partial charge >= 0.3 is 0 Å². The van der Waals surface area contributed by atoms with Gasteiger partial charge < -0.3 is 0 Å². The number of hydrogen-bond donors (Lipinski definition) is 0. The van der Waals surface area contributed by atoms with E-state index in [9.17, 15) is 4.39 Å². The summed E-state index contributed by atoms with van der Waals surface area (Å²) in [7, 11) is 0. The van der Waals surface area contributed by atoms with Gasteiger partial charge in [-0.2, -0.15) is 0 Å². The van der Waals surface area contributed by atoms with Gasteiger partial charge in [-0.15, -0.1) is 11.3 Å². The predicted octanol–water partition coefficient (Wildman–Crippen LogP) is 5.99. The Hall–Kier alpha value is -1.67. The van der Waals surface area contributed by atoms with Gasteiger partial charge in [0.2, 0.25) is 0 Å². The topological polar surface area (TPSA) is 0 Å². The molecule has 2 aromatic rings. The van der Waals surface area contributed by atoms with Crippen LogP contribution in [0.2, 0.25) is 0 Å². The molecular formula is C18H17FS. The van der Waals surface area contributed by atoms with Gasteiger partial charge in [-0.25, -0.2) is 4.39 Å². The number of aryl methyl sites for hydroxylation is 1. The summed E-state index contributed by atoms with van der Waals surface area (Å²) in [6.45, 7) is 4.18. The molecule has 0 aliphatic heterocycles. The molecule has 0 saturated carbocycles. The Labute approximate surface area is 123 Å². The lowest BCUT2D eigenvalue weighted by Crippen LogP contribution is -1.93. The fourth-order valence-corrected chi connectivity index (χ4v) is 3.37. The van der Waals surface area contributed by atoms with Gasteiger partial charge in [0, 0.05) is 15.3 Å². The Morgan fingerprint density at radius 2 is 1.85 bits per heavy atom. The molecule has 0 saturated heterocycles. The van der Waals surface area contributed by atoms with Crippen LogP contribution in [-0.4, -0.2) is 0 Å². The Balaban J connectivity index is 1.96. The van der Waals surface area contributed by atoms with Gasteiger partial charge in [-0.3, -0.25) is 0 Å². The van der Waals surface area contributed by atoms with Crippen molar-refractivity contribution in [3.63, 3.8) is 0 Å². The minimum atomic E-state index is -0.128. The average molecular weight is 284 g/mol. The van der Waals surface area contributed by atoms with Crippen LogP contribution in [0.5, 0.6) is 0 Å².